The van der Waals surface area contributed by atoms with E-state index >= 15 is 0 Å². The zero-order valence-corrected chi connectivity index (χ0v) is 11.8. The molecule has 0 bridgehead atoms. The molecule has 1 rings (SSSR count). The molecule has 0 aromatic heterocycles. The first-order chi connectivity index (χ1) is 8.27. The van der Waals surface area contributed by atoms with E-state index < -0.39 is 0 Å². The molecule has 1 aromatic carbocycles. The number of aryl methyl sites for hydroxylation is 1. The molecule has 4 heteroatoms. The van der Waals surface area contributed by atoms with Gasteiger partial charge in [-0.15, -0.1) is 12.4 Å². The molecule has 18 heavy (non-hydrogen) atoms. The summed E-state index contributed by atoms with van der Waals surface area (Å²) < 4.78 is 5.07. The summed E-state index contributed by atoms with van der Waals surface area (Å²) >= 11 is 0. The highest BCUT2D eigenvalue weighted by atomic mass is 35.5. The van der Waals surface area contributed by atoms with E-state index in [1.807, 2.05) is 32.2 Å². The molecule has 3 nitrogen and oxygen atoms in total. The first-order valence-electron chi connectivity index (χ1n) is 6.13. The molecule has 0 amide bonds. The lowest BCUT2D eigenvalue weighted by atomic mass is 9.99. The van der Waals surface area contributed by atoms with Crippen molar-refractivity contribution in [3.8, 4) is 0 Å². The van der Waals surface area contributed by atoms with Crippen molar-refractivity contribution in [3.63, 3.8) is 0 Å². The largest absolute Gasteiger partial charge is 0.466 e. The van der Waals surface area contributed by atoms with E-state index in [-0.39, 0.29) is 24.3 Å². The smallest absolute Gasteiger partial charge is 0.310 e. The Kier molecular flexibility index (Phi) is 9.33. The average molecular weight is 272 g/mol. The van der Waals surface area contributed by atoms with Crippen molar-refractivity contribution in [2.75, 3.05) is 20.2 Å². The van der Waals surface area contributed by atoms with Crippen LogP contribution in [0.2, 0.25) is 0 Å². The summed E-state index contributed by atoms with van der Waals surface area (Å²) in [5, 5.41) is 3.04. The van der Waals surface area contributed by atoms with Gasteiger partial charge in [0.15, 0.2) is 0 Å². The SMILES string of the molecule is CCOC(=O)C(CCc1ccccc1)CNC.Cl. The van der Waals surface area contributed by atoms with Gasteiger partial charge in [0.1, 0.15) is 0 Å². The van der Waals surface area contributed by atoms with Crippen molar-refractivity contribution in [2.24, 2.45) is 5.92 Å². The second-order valence-electron chi connectivity index (χ2n) is 4.03. The fourth-order valence-corrected chi connectivity index (χ4v) is 1.80. The monoisotopic (exact) mass is 271 g/mol. The maximum atomic E-state index is 11.7. The quantitative estimate of drug-likeness (QED) is 0.774. The first-order valence-corrected chi connectivity index (χ1v) is 6.13. The van der Waals surface area contributed by atoms with Crippen LogP contribution in [-0.4, -0.2) is 26.2 Å². The van der Waals surface area contributed by atoms with Crippen molar-refractivity contribution in [1.82, 2.24) is 5.32 Å². The highest BCUT2D eigenvalue weighted by Gasteiger charge is 2.18. The summed E-state index contributed by atoms with van der Waals surface area (Å²) in [6, 6.07) is 10.2. The second kappa shape index (κ2) is 9.92. The van der Waals surface area contributed by atoms with Gasteiger partial charge < -0.3 is 10.1 Å². The van der Waals surface area contributed by atoms with Gasteiger partial charge in [0.25, 0.3) is 0 Å². The molecule has 0 fully saturated rings. The third-order valence-electron chi connectivity index (χ3n) is 2.69. The predicted octanol–water partition coefficient (Wildman–Crippen LogP) is 2.44. The Hall–Kier alpha value is -1.06. The average Bonchev–Trinajstić information content (AvgIpc) is 2.36. The molecule has 0 aliphatic heterocycles. The minimum absolute atomic E-state index is 0. The number of hydrogen-bond donors (Lipinski definition) is 1. The number of rotatable bonds is 7. The molecular weight excluding hydrogens is 250 g/mol. The number of ether oxygens (including phenoxy) is 1. The summed E-state index contributed by atoms with van der Waals surface area (Å²) in [7, 11) is 1.86. The van der Waals surface area contributed by atoms with Crippen LogP contribution in [0, 0.1) is 5.92 Å². The highest BCUT2D eigenvalue weighted by Crippen LogP contribution is 2.11. The zero-order chi connectivity index (χ0) is 12.5. The molecule has 0 spiro atoms. The lowest BCUT2D eigenvalue weighted by Crippen LogP contribution is -2.28. The van der Waals surface area contributed by atoms with Crippen LogP contribution in [-0.2, 0) is 16.0 Å². The van der Waals surface area contributed by atoms with Gasteiger partial charge in [0.2, 0.25) is 0 Å². The Morgan fingerprint density at radius 2 is 2.00 bits per heavy atom. The molecule has 0 aliphatic rings. The molecular formula is C14H22ClNO2. The van der Waals surface area contributed by atoms with Crippen molar-refractivity contribution in [2.45, 2.75) is 19.8 Å². The van der Waals surface area contributed by atoms with Crippen LogP contribution in [0.3, 0.4) is 0 Å². The lowest BCUT2D eigenvalue weighted by Gasteiger charge is -2.14. The van der Waals surface area contributed by atoms with E-state index in [9.17, 15) is 4.79 Å². The van der Waals surface area contributed by atoms with Gasteiger partial charge in [0, 0.05) is 6.54 Å². The standard InChI is InChI=1S/C14H21NO2.ClH/c1-3-17-14(16)13(11-15-2)10-9-12-7-5-4-6-8-12;/h4-8,13,15H,3,9-11H2,1-2H3;1H. The third kappa shape index (κ3) is 6.03. The number of esters is 1. The number of halogens is 1. The molecule has 1 aromatic rings. The highest BCUT2D eigenvalue weighted by molar-refractivity contribution is 5.85. The van der Waals surface area contributed by atoms with Gasteiger partial charge in [-0.25, -0.2) is 0 Å². The summed E-state index contributed by atoms with van der Waals surface area (Å²) in [6.45, 7) is 2.96. The van der Waals surface area contributed by atoms with Crippen molar-refractivity contribution in [3.05, 3.63) is 35.9 Å². The number of benzene rings is 1. The maximum absolute atomic E-state index is 11.7. The van der Waals surface area contributed by atoms with E-state index in [1.54, 1.807) is 0 Å². The number of carbonyl (C=O) groups excluding carboxylic acids is 1. The van der Waals surface area contributed by atoms with Gasteiger partial charge in [0.05, 0.1) is 12.5 Å². The molecule has 0 saturated carbocycles. The first kappa shape index (κ1) is 16.9. The third-order valence-corrected chi connectivity index (χ3v) is 2.69. The van der Waals surface area contributed by atoms with Crippen LogP contribution in [0.4, 0.5) is 0 Å². The molecule has 0 radical (unpaired) electrons. The number of carbonyl (C=O) groups is 1. The minimum atomic E-state index is -0.0993. The van der Waals surface area contributed by atoms with Gasteiger partial charge in [-0.1, -0.05) is 30.3 Å². The molecule has 102 valence electrons. The Morgan fingerprint density at radius 1 is 1.33 bits per heavy atom. The predicted molar refractivity (Wildman–Crippen MR) is 76.1 cm³/mol. The van der Waals surface area contributed by atoms with Gasteiger partial charge >= 0.3 is 5.97 Å². The van der Waals surface area contributed by atoms with Crippen molar-refractivity contribution >= 4 is 18.4 Å². The summed E-state index contributed by atoms with van der Waals surface area (Å²) in [5.41, 5.74) is 1.26. The summed E-state index contributed by atoms with van der Waals surface area (Å²) in [5.74, 6) is -0.155. The van der Waals surface area contributed by atoms with Crippen LogP contribution in [0.15, 0.2) is 30.3 Å². The second-order valence-corrected chi connectivity index (χ2v) is 4.03. The van der Waals surface area contributed by atoms with E-state index in [0.29, 0.717) is 13.2 Å². The van der Waals surface area contributed by atoms with Crippen molar-refractivity contribution in [1.29, 1.82) is 0 Å². The fraction of sp³-hybridized carbons (Fsp3) is 0.500. The van der Waals surface area contributed by atoms with Crippen LogP contribution in [0.1, 0.15) is 18.9 Å². The molecule has 1 N–H and O–H groups in total. The van der Waals surface area contributed by atoms with E-state index in [0.717, 1.165) is 12.8 Å². The van der Waals surface area contributed by atoms with E-state index in [1.165, 1.54) is 5.56 Å². The van der Waals surface area contributed by atoms with Crippen LogP contribution in [0.25, 0.3) is 0 Å². The molecule has 1 atom stereocenters. The molecule has 0 saturated heterocycles. The normalized spacial score (nSPS) is 11.4. The Labute approximate surface area is 115 Å². The maximum Gasteiger partial charge on any atom is 0.310 e. The number of nitrogens with one attached hydrogen (secondary N) is 1. The Balaban J connectivity index is 0.00000289. The molecule has 0 aliphatic carbocycles. The van der Waals surface area contributed by atoms with E-state index in [2.05, 4.69) is 17.4 Å². The van der Waals surface area contributed by atoms with Gasteiger partial charge in [-0.05, 0) is 32.4 Å². The minimum Gasteiger partial charge on any atom is -0.466 e. The number of hydrogen-bond acceptors (Lipinski definition) is 3. The van der Waals surface area contributed by atoms with Crippen LogP contribution < -0.4 is 5.32 Å². The van der Waals surface area contributed by atoms with Crippen LogP contribution >= 0.6 is 12.4 Å². The lowest BCUT2D eigenvalue weighted by molar-refractivity contribution is -0.148. The van der Waals surface area contributed by atoms with Gasteiger partial charge in [-0.3, -0.25) is 4.79 Å². The topological polar surface area (TPSA) is 38.3 Å². The fourth-order valence-electron chi connectivity index (χ4n) is 1.80. The molecule has 0 heterocycles. The summed E-state index contributed by atoms with van der Waals surface area (Å²) in [4.78, 5) is 11.7. The van der Waals surface area contributed by atoms with Crippen LogP contribution in [0.5, 0.6) is 0 Å². The van der Waals surface area contributed by atoms with Crippen molar-refractivity contribution < 1.29 is 9.53 Å². The summed E-state index contributed by atoms with van der Waals surface area (Å²) in [6.07, 6.45) is 1.73. The molecule has 1 unspecified atom stereocenters. The zero-order valence-electron chi connectivity index (χ0n) is 11.0. The van der Waals surface area contributed by atoms with E-state index in [4.69, 9.17) is 4.74 Å². The Morgan fingerprint density at radius 3 is 2.56 bits per heavy atom. The van der Waals surface area contributed by atoms with Gasteiger partial charge in [-0.2, -0.15) is 0 Å². The Bertz CT molecular complexity index is 330.